The number of nitrogens with zero attached hydrogens (tertiary/aromatic N) is 2. The van der Waals surface area contributed by atoms with Crippen LogP contribution < -0.4 is 5.32 Å². The molecule has 2 saturated heterocycles. The van der Waals surface area contributed by atoms with Gasteiger partial charge in [-0.2, -0.15) is 0 Å². The summed E-state index contributed by atoms with van der Waals surface area (Å²) >= 11 is 0. The van der Waals surface area contributed by atoms with Gasteiger partial charge >= 0.3 is 0 Å². The Balaban J connectivity index is 1.38. The SMILES string of the molecule is CC(C(=O)NCC1CCCCC1)N1CCC(C(=O)N2CCCCC2)CC1. The fraction of sp³-hybridized carbons (Fsp3) is 0.905. The highest BCUT2D eigenvalue weighted by molar-refractivity contribution is 5.81. The standard InChI is InChI=1S/C21H37N3O2/c1-17(20(25)22-16-18-8-4-2-5-9-18)23-14-10-19(11-15-23)21(26)24-12-6-3-7-13-24/h17-19H,2-16H2,1H3,(H,22,25). The van der Waals surface area contributed by atoms with Crippen molar-refractivity contribution in [3.8, 4) is 0 Å². The maximum Gasteiger partial charge on any atom is 0.237 e. The van der Waals surface area contributed by atoms with Crippen LogP contribution in [-0.4, -0.2) is 60.4 Å². The van der Waals surface area contributed by atoms with Gasteiger partial charge < -0.3 is 10.2 Å². The summed E-state index contributed by atoms with van der Waals surface area (Å²) in [6, 6.07) is -0.0790. The van der Waals surface area contributed by atoms with Crippen LogP contribution in [0.3, 0.4) is 0 Å². The van der Waals surface area contributed by atoms with Gasteiger partial charge in [-0.05, 0) is 70.9 Å². The van der Waals surface area contributed by atoms with E-state index in [1.165, 1.54) is 38.5 Å². The summed E-state index contributed by atoms with van der Waals surface area (Å²) in [5.41, 5.74) is 0. The van der Waals surface area contributed by atoms with E-state index in [1.54, 1.807) is 0 Å². The van der Waals surface area contributed by atoms with Crippen LogP contribution in [0.4, 0.5) is 0 Å². The van der Waals surface area contributed by atoms with Crippen LogP contribution in [0.1, 0.15) is 71.1 Å². The zero-order valence-electron chi connectivity index (χ0n) is 16.5. The number of piperidine rings is 2. The maximum atomic E-state index is 12.7. The number of hydrogen-bond donors (Lipinski definition) is 1. The third kappa shape index (κ3) is 5.21. The predicted octanol–water partition coefficient (Wildman–Crippen LogP) is 2.80. The molecule has 3 fully saturated rings. The summed E-state index contributed by atoms with van der Waals surface area (Å²) in [7, 11) is 0. The molecule has 0 bridgehead atoms. The molecule has 5 nitrogen and oxygen atoms in total. The maximum absolute atomic E-state index is 12.7. The second-order valence-electron chi connectivity index (χ2n) is 8.62. The monoisotopic (exact) mass is 363 g/mol. The quantitative estimate of drug-likeness (QED) is 0.817. The van der Waals surface area contributed by atoms with E-state index in [4.69, 9.17) is 0 Å². The van der Waals surface area contributed by atoms with Crippen molar-refractivity contribution >= 4 is 11.8 Å². The minimum atomic E-state index is -0.0790. The highest BCUT2D eigenvalue weighted by Gasteiger charge is 2.32. The first-order valence-corrected chi connectivity index (χ1v) is 11.0. The summed E-state index contributed by atoms with van der Waals surface area (Å²) in [5.74, 6) is 1.37. The molecule has 1 aliphatic carbocycles. The van der Waals surface area contributed by atoms with Crippen LogP contribution in [0, 0.1) is 11.8 Å². The van der Waals surface area contributed by atoms with Crippen molar-refractivity contribution in [2.45, 2.75) is 77.2 Å². The van der Waals surface area contributed by atoms with Crippen LogP contribution in [0.2, 0.25) is 0 Å². The Morgan fingerprint density at radius 2 is 1.50 bits per heavy atom. The van der Waals surface area contributed by atoms with Crippen molar-refractivity contribution in [3.63, 3.8) is 0 Å². The number of likely N-dealkylation sites (tertiary alicyclic amines) is 2. The average molecular weight is 364 g/mol. The lowest BCUT2D eigenvalue weighted by Gasteiger charge is -2.37. The highest BCUT2D eigenvalue weighted by Crippen LogP contribution is 2.24. The lowest BCUT2D eigenvalue weighted by atomic mass is 9.89. The molecule has 2 heterocycles. The van der Waals surface area contributed by atoms with Gasteiger partial charge in [0.2, 0.25) is 11.8 Å². The largest absolute Gasteiger partial charge is 0.354 e. The zero-order valence-corrected chi connectivity index (χ0v) is 16.5. The molecule has 2 aliphatic heterocycles. The van der Waals surface area contributed by atoms with Gasteiger partial charge in [0.05, 0.1) is 6.04 Å². The molecule has 148 valence electrons. The molecule has 1 atom stereocenters. The fourth-order valence-corrected chi connectivity index (χ4v) is 4.86. The van der Waals surface area contributed by atoms with Gasteiger partial charge in [-0.3, -0.25) is 14.5 Å². The highest BCUT2D eigenvalue weighted by atomic mass is 16.2. The van der Waals surface area contributed by atoms with E-state index in [-0.39, 0.29) is 17.9 Å². The zero-order chi connectivity index (χ0) is 18.4. The number of nitrogens with one attached hydrogen (secondary N) is 1. The van der Waals surface area contributed by atoms with Crippen LogP contribution in [0.5, 0.6) is 0 Å². The number of carbonyl (C=O) groups excluding carboxylic acids is 2. The Morgan fingerprint density at radius 1 is 0.885 bits per heavy atom. The lowest BCUT2D eigenvalue weighted by molar-refractivity contribution is -0.138. The van der Waals surface area contributed by atoms with Gasteiger partial charge in [-0.1, -0.05) is 19.3 Å². The first kappa shape index (κ1) is 19.7. The van der Waals surface area contributed by atoms with E-state index in [9.17, 15) is 9.59 Å². The van der Waals surface area contributed by atoms with E-state index >= 15 is 0 Å². The fourth-order valence-electron chi connectivity index (χ4n) is 4.86. The number of amides is 2. The first-order valence-electron chi connectivity index (χ1n) is 11.0. The summed E-state index contributed by atoms with van der Waals surface area (Å²) in [6.45, 7) is 6.47. The molecule has 1 saturated carbocycles. The van der Waals surface area contributed by atoms with Gasteiger partial charge in [0.1, 0.15) is 0 Å². The molecule has 3 rings (SSSR count). The molecule has 5 heteroatoms. The van der Waals surface area contributed by atoms with Crippen LogP contribution >= 0.6 is 0 Å². The Morgan fingerprint density at radius 3 is 2.15 bits per heavy atom. The van der Waals surface area contributed by atoms with E-state index in [2.05, 4.69) is 15.1 Å². The Bertz CT molecular complexity index is 462. The summed E-state index contributed by atoms with van der Waals surface area (Å²) in [5, 5.41) is 3.18. The molecule has 3 aliphatic rings. The first-order chi connectivity index (χ1) is 12.6. The second-order valence-corrected chi connectivity index (χ2v) is 8.62. The normalized spacial score (nSPS) is 25.0. The smallest absolute Gasteiger partial charge is 0.237 e. The molecule has 2 amide bonds. The minimum absolute atomic E-state index is 0.0790. The van der Waals surface area contributed by atoms with Gasteiger partial charge in [-0.25, -0.2) is 0 Å². The van der Waals surface area contributed by atoms with Crippen molar-refractivity contribution in [1.29, 1.82) is 0 Å². The third-order valence-electron chi connectivity index (χ3n) is 6.76. The number of carbonyl (C=O) groups is 2. The number of hydrogen-bond acceptors (Lipinski definition) is 3. The minimum Gasteiger partial charge on any atom is -0.354 e. The summed E-state index contributed by atoms with van der Waals surface area (Å²) < 4.78 is 0. The van der Waals surface area contributed by atoms with Crippen molar-refractivity contribution < 1.29 is 9.59 Å². The molecule has 1 unspecified atom stereocenters. The van der Waals surface area contributed by atoms with Crippen molar-refractivity contribution in [3.05, 3.63) is 0 Å². The predicted molar refractivity (Wildman–Crippen MR) is 104 cm³/mol. The van der Waals surface area contributed by atoms with Crippen LogP contribution in [-0.2, 0) is 9.59 Å². The summed E-state index contributed by atoms with van der Waals surface area (Å²) in [4.78, 5) is 29.5. The van der Waals surface area contributed by atoms with E-state index in [0.717, 1.165) is 58.4 Å². The molecular formula is C21H37N3O2. The number of rotatable bonds is 5. The summed E-state index contributed by atoms with van der Waals surface area (Å²) in [6.07, 6.45) is 11.9. The van der Waals surface area contributed by atoms with Crippen molar-refractivity contribution in [2.24, 2.45) is 11.8 Å². The Hall–Kier alpha value is -1.10. The van der Waals surface area contributed by atoms with Crippen molar-refractivity contribution in [2.75, 3.05) is 32.7 Å². The van der Waals surface area contributed by atoms with Crippen LogP contribution in [0.15, 0.2) is 0 Å². The van der Waals surface area contributed by atoms with Crippen LogP contribution in [0.25, 0.3) is 0 Å². The molecule has 0 aromatic carbocycles. The molecule has 0 radical (unpaired) electrons. The Kier molecular flexibility index (Phi) is 7.35. The van der Waals surface area contributed by atoms with Gasteiger partial charge in [0, 0.05) is 25.6 Å². The van der Waals surface area contributed by atoms with E-state index in [0.29, 0.717) is 11.8 Å². The van der Waals surface area contributed by atoms with Gasteiger partial charge in [-0.15, -0.1) is 0 Å². The molecule has 0 aromatic rings. The Labute approximate surface area is 158 Å². The molecule has 1 N–H and O–H groups in total. The lowest BCUT2D eigenvalue weighted by Crippen LogP contribution is -2.51. The molecular weight excluding hydrogens is 326 g/mol. The average Bonchev–Trinajstić information content (AvgIpc) is 2.72. The van der Waals surface area contributed by atoms with Gasteiger partial charge in [0.15, 0.2) is 0 Å². The van der Waals surface area contributed by atoms with Crippen molar-refractivity contribution in [1.82, 2.24) is 15.1 Å². The van der Waals surface area contributed by atoms with E-state index in [1.807, 2.05) is 6.92 Å². The van der Waals surface area contributed by atoms with E-state index < -0.39 is 0 Å². The van der Waals surface area contributed by atoms with Gasteiger partial charge in [0.25, 0.3) is 0 Å². The topological polar surface area (TPSA) is 52.7 Å². The molecule has 0 spiro atoms. The third-order valence-corrected chi connectivity index (χ3v) is 6.76. The molecule has 0 aromatic heterocycles. The second kappa shape index (κ2) is 9.72. The molecule has 26 heavy (non-hydrogen) atoms.